The molecule has 0 aliphatic rings. The Balaban J connectivity index is 1.59. The third-order valence-electron chi connectivity index (χ3n) is 4.14. The van der Waals surface area contributed by atoms with Gasteiger partial charge in [-0.25, -0.2) is 9.97 Å². The Hall–Kier alpha value is -2.92. The van der Waals surface area contributed by atoms with Gasteiger partial charge in [0, 0.05) is 23.8 Å². The maximum Gasteiger partial charge on any atom is 0.271 e. The molecule has 0 aliphatic carbocycles. The average Bonchev–Trinajstić information content (AvgIpc) is 2.71. The van der Waals surface area contributed by atoms with Gasteiger partial charge in [-0.15, -0.1) is 0 Å². The van der Waals surface area contributed by atoms with Crippen molar-refractivity contribution in [3.63, 3.8) is 0 Å². The van der Waals surface area contributed by atoms with Crippen molar-refractivity contribution in [3.8, 4) is 0 Å². The van der Waals surface area contributed by atoms with Crippen molar-refractivity contribution in [1.82, 2.24) is 15.3 Å². The Bertz CT molecular complexity index is 867. The fourth-order valence-electron chi connectivity index (χ4n) is 2.72. The van der Waals surface area contributed by atoms with Crippen molar-refractivity contribution in [2.24, 2.45) is 0 Å². The molecule has 2 aromatic carbocycles. The quantitative estimate of drug-likeness (QED) is 0.665. The molecule has 0 fully saturated rings. The predicted molar refractivity (Wildman–Crippen MR) is 109 cm³/mol. The highest BCUT2D eigenvalue weighted by Gasteiger charge is 2.12. The molecule has 0 spiro atoms. The van der Waals surface area contributed by atoms with Crippen molar-refractivity contribution < 1.29 is 4.79 Å². The van der Waals surface area contributed by atoms with Crippen LogP contribution in [-0.4, -0.2) is 29.0 Å². The largest absolute Gasteiger partial charge is 0.350 e. The van der Waals surface area contributed by atoms with Crippen LogP contribution in [0.25, 0.3) is 0 Å². The van der Waals surface area contributed by atoms with E-state index in [1.165, 1.54) is 6.20 Å². The first-order valence-electron chi connectivity index (χ1n) is 8.84. The number of carbonyl (C=O) groups is 1. The number of anilines is 2. The first-order chi connectivity index (χ1) is 13.2. The molecule has 0 atom stereocenters. The highest BCUT2D eigenvalue weighted by Crippen LogP contribution is 2.21. The minimum atomic E-state index is -0.231. The number of nitrogens with one attached hydrogen (secondary N) is 1. The first-order valence-corrected chi connectivity index (χ1v) is 9.22. The minimum Gasteiger partial charge on any atom is -0.350 e. The fourth-order valence-corrected chi connectivity index (χ4v) is 2.85. The lowest BCUT2D eigenvalue weighted by Gasteiger charge is -2.21. The van der Waals surface area contributed by atoms with Crippen LogP contribution in [0.3, 0.4) is 0 Å². The number of hydrogen-bond acceptors (Lipinski definition) is 4. The van der Waals surface area contributed by atoms with E-state index >= 15 is 0 Å². The van der Waals surface area contributed by atoms with Gasteiger partial charge in [0.15, 0.2) is 5.82 Å². The monoisotopic (exact) mass is 380 g/mol. The Morgan fingerprint density at radius 1 is 1.04 bits per heavy atom. The maximum atomic E-state index is 12.3. The summed E-state index contributed by atoms with van der Waals surface area (Å²) in [6.07, 6.45) is 3.87. The van der Waals surface area contributed by atoms with Gasteiger partial charge in [-0.05, 0) is 43.2 Å². The van der Waals surface area contributed by atoms with Crippen LogP contribution in [0.15, 0.2) is 67.0 Å². The standard InChI is InChI=1S/C21H21ClN4O/c1-2-26(18-6-4-3-5-7-18)20-15-24-19(14-25-20)21(27)23-13-12-16-8-10-17(22)11-9-16/h3-11,14-15H,2,12-13H2,1H3,(H,23,27). The SMILES string of the molecule is CCN(c1ccccc1)c1cnc(C(=O)NCCc2ccc(Cl)cc2)cn1. The Morgan fingerprint density at radius 3 is 2.41 bits per heavy atom. The lowest BCUT2D eigenvalue weighted by atomic mass is 10.1. The highest BCUT2D eigenvalue weighted by atomic mass is 35.5. The topological polar surface area (TPSA) is 58.1 Å². The smallest absolute Gasteiger partial charge is 0.271 e. The molecule has 1 heterocycles. The van der Waals surface area contributed by atoms with Gasteiger partial charge < -0.3 is 10.2 Å². The number of amides is 1. The molecule has 3 aromatic rings. The van der Waals surface area contributed by atoms with E-state index in [-0.39, 0.29) is 5.91 Å². The minimum absolute atomic E-state index is 0.231. The van der Waals surface area contributed by atoms with E-state index in [0.717, 1.165) is 24.2 Å². The van der Waals surface area contributed by atoms with Crippen LogP contribution in [-0.2, 0) is 6.42 Å². The van der Waals surface area contributed by atoms with Crippen LogP contribution >= 0.6 is 11.6 Å². The summed E-state index contributed by atoms with van der Waals surface area (Å²) < 4.78 is 0. The molecule has 1 N–H and O–H groups in total. The van der Waals surface area contributed by atoms with E-state index in [9.17, 15) is 4.79 Å². The number of carbonyl (C=O) groups excluding carboxylic acids is 1. The van der Waals surface area contributed by atoms with E-state index < -0.39 is 0 Å². The van der Waals surface area contributed by atoms with Crippen LogP contribution < -0.4 is 10.2 Å². The molecule has 0 saturated heterocycles. The summed E-state index contributed by atoms with van der Waals surface area (Å²) in [5, 5.41) is 3.57. The van der Waals surface area contributed by atoms with Crippen molar-refractivity contribution in [2.75, 3.05) is 18.0 Å². The summed E-state index contributed by atoms with van der Waals surface area (Å²) in [4.78, 5) is 23.0. The molecular formula is C21H21ClN4O. The molecule has 0 aliphatic heterocycles. The average molecular weight is 381 g/mol. The second kappa shape index (κ2) is 9.14. The maximum absolute atomic E-state index is 12.3. The van der Waals surface area contributed by atoms with Gasteiger partial charge in [0.2, 0.25) is 0 Å². The third kappa shape index (κ3) is 5.05. The summed E-state index contributed by atoms with van der Waals surface area (Å²) in [6, 6.07) is 17.6. The number of benzene rings is 2. The molecular weight excluding hydrogens is 360 g/mol. The Morgan fingerprint density at radius 2 is 1.78 bits per heavy atom. The lowest BCUT2D eigenvalue weighted by Crippen LogP contribution is -2.27. The van der Waals surface area contributed by atoms with E-state index in [1.54, 1.807) is 6.20 Å². The third-order valence-corrected chi connectivity index (χ3v) is 4.40. The number of para-hydroxylation sites is 1. The summed E-state index contributed by atoms with van der Waals surface area (Å²) in [6.45, 7) is 3.33. The molecule has 1 aromatic heterocycles. The zero-order chi connectivity index (χ0) is 19.1. The Labute approximate surface area is 164 Å². The van der Waals surface area contributed by atoms with Crippen molar-refractivity contribution in [3.05, 3.63) is 83.3 Å². The number of hydrogen-bond donors (Lipinski definition) is 1. The molecule has 5 nitrogen and oxygen atoms in total. The summed E-state index contributed by atoms with van der Waals surface area (Å²) in [5.41, 5.74) is 2.45. The van der Waals surface area contributed by atoms with E-state index in [1.807, 2.05) is 66.4 Å². The zero-order valence-corrected chi connectivity index (χ0v) is 15.9. The van der Waals surface area contributed by atoms with E-state index in [0.29, 0.717) is 23.1 Å². The molecule has 3 rings (SSSR count). The summed E-state index contributed by atoms with van der Waals surface area (Å²) >= 11 is 5.87. The van der Waals surface area contributed by atoms with Gasteiger partial charge in [-0.2, -0.15) is 0 Å². The van der Waals surface area contributed by atoms with Gasteiger partial charge in [0.1, 0.15) is 5.69 Å². The van der Waals surface area contributed by atoms with Gasteiger partial charge in [-0.3, -0.25) is 4.79 Å². The van der Waals surface area contributed by atoms with Gasteiger partial charge in [0.05, 0.1) is 12.4 Å². The van der Waals surface area contributed by atoms with Gasteiger partial charge in [0.25, 0.3) is 5.91 Å². The number of halogens is 1. The van der Waals surface area contributed by atoms with Crippen LogP contribution in [0, 0.1) is 0 Å². The van der Waals surface area contributed by atoms with Crippen molar-refractivity contribution in [1.29, 1.82) is 0 Å². The highest BCUT2D eigenvalue weighted by molar-refractivity contribution is 6.30. The van der Waals surface area contributed by atoms with Crippen molar-refractivity contribution in [2.45, 2.75) is 13.3 Å². The Kier molecular flexibility index (Phi) is 6.39. The lowest BCUT2D eigenvalue weighted by molar-refractivity contribution is 0.0949. The molecule has 0 radical (unpaired) electrons. The van der Waals surface area contributed by atoms with Crippen LogP contribution in [0.5, 0.6) is 0 Å². The second-order valence-corrected chi connectivity index (χ2v) is 6.41. The molecule has 6 heteroatoms. The molecule has 1 amide bonds. The molecule has 0 saturated carbocycles. The van der Waals surface area contributed by atoms with E-state index in [4.69, 9.17) is 11.6 Å². The second-order valence-electron chi connectivity index (χ2n) is 5.97. The molecule has 27 heavy (non-hydrogen) atoms. The first kappa shape index (κ1) is 18.9. The van der Waals surface area contributed by atoms with Gasteiger partial charge in [-0.1, -0.05) is 41.9 Å². The normalized spacial score (nSPS) is 10.4. The van der Waals surface area contributed by atoms with Crippen molar-refractivity contribution >= 4 is 29.0 Å². The fraction of sp³-hybridized carbons (Fsp3) is 0.190. The summed E-state index contributed by atoms with van der Waals surface area (Å²) in [7, 11) is 0. The number of rotatable bonds is 7. The molecule has 138 valence electrons. The summed E-state index contributed by atoms with van der Waals surface area (Å²) in [5.74, 6) is 0.479. The van der Waals surface area contributed by atoms with Gasteiger partial charge >= 0.3 is 0 Å². The van der Waals surface area contributed by atoms with Crippen LogP contribution in [0.1, 0.15) is 23.0 Å². The molecule has 0 bridgehead atoms. The molecule has 0 unspecified atom stereocenters. The van der Waals surface area contributed by atoms with Crippen LogP contribution in [0.2, 0.25) is 5.02 Å². The number of nitrogens with zero attached hydrogens (tertiary/aromatic N) is 3. The van der Waals surface area contributed by atoms with E-state index in [2.05, 4.69) is 15.3 Å². The number of aromatic nitrogens is 2. The van der Waals surface area contributed by atoms with Crippen LogP contribution in [0.4, 0.5) is 11.5 Å². The predicted octanol–water partition coefficient (Wildman–Crippen LogP) is 4.26. The zero-order valence-electron chi connectivity index (χ0n) is 15.1.